The Labute approximate surface area is 182 Å². The number of carbonyl (C=O) groups is 1. The number of imidazole rings is 1. The number of aryl methyl sites for hydroxylation is 2. The van der Waals surface area contributed by atoms with Gasteiger partial charge in [0.15, 0.2) is 0 Å². The molecule has 1 aliphatic rings. The van der Waals surface area contributed by atoms with Gasteiger partial charge in [-0.05, 0) is 56.4 Å². The highest BCUT2D eigenvalue weighted by Gasteiger charge is 2.32. The van der Waals surface area contributed by atoms with Crippen molar-refractivity contribution in [1.82, 2.24) is 19.8 Å². The SMILES string of the molecule is CC(C)NC(=O)N1CCCC1c1ccccc1-c1cncn1CCc1ccc(F)cc1. The Hall–Kier alpha value is -3.15. The van der Waals surface area contributed by atoms with E-state index in [1.807, 2.05) is 55.5 Å². The molecule has 1 atom stereocenters. The van der Waals surface area contributed by atoms with Gasteiger partial charge in [0.1, 0.15) is 5.82 Å². The highest BCUT2D eigenvalue weighted by Crippen LogP contribution is 2.37. The van der Waals surface area contributed by atoms with E-state index in [1.165, 1.54) is 12.1 Å². The molecule has 31 heavy (non-hydrogen) atoms. The quantitative estimate of drug-likeness (QED) is 0.597. The molecule has 2 amide bonds. The van der Waals surface area contributed by atoms with Crippen molar-refractivity contribution in [3.63, 3.8) is 0 Å². The van der Waals surface area contributed by atoms with Gasteiger partial charge in [-0.1, -0.05) is 36.4 Å². The van der Waals surface area contributed by atoms with E-state index in [4.69, 9.17) is 0 Å². The molecule has 0 saturated carbocycles. The van der Waals surface area contributed by atoms with Gasteiger partial charge in [0.25, 0.3) is 0 Å². The van der Waals surface area contributed by atoms with Crippen molar-refractivity contribution < 1.29 is 9.18 Å². The van der Waals surface area contributed by atoms with Gasteiger partial charge < -0.3 is 14.8 Å². The van der Waals surface area contributed by atoms with Crippen molar-refractivity contribution in [2.45, 2.75) is 51.7 Å². The minimum Gasteiger partial charge on any atom is -0.336 e. The van der Waals surface area contributed by atoms with Crippen LogP contribution in [-0.4, -0.2) is 33.1 Å². The number of nitrogens with zero attached hydrogens (tertiary/aromatic N) is 3. The lowest BCUT2D eigenvalue weighted by Gasteiger charge is -2.28. The van der Waals surface area contributed by atoms with Crippen LogP contribution in [0.15, 0.2) is 61.1 Å². The normalized spacial score (nSPS) is 16.1. The Bertz CT molecular complexity index is 1030. The fourth-order valence-electron chi connectivity index (χ4n) is 4.31. The van der Waals surface area contributed by atoms with Gasteiger partial charge in [-0.2, -0.15) is 0 Å². The largest absolute Gasteiger partial charge is 0.336 e. The van der Waals surface area contributed by atoms with Crippen LogP contribution in [0.3, 0.4) is 0 Å². The maximum Gasteiger partial charge on any atom is 0.318 e. The molecule has 3 aromatic rings. The number of amides is 2. The first-order valence-corrected chi connectivity index (χ1v) is 10.9. The fraction of sp³-hybridized carbons (Fsp3) is 0.360. The Balaban J connectivity index is 1.59. The van der Waals surface area contributed by atoms with Crippen LogP contribution < -0.4 is 5.32 Å². The first-order valence-electron chi connectivity index (χ1n) is 10.9. The first-order chi connectivity index (χ1) is 15.0. The summed E-state index contributed by atoms with van der Waals surface area (Å²) in [5.41, 5.74) is 4.38. The van der Waals surface area contributed by atoms with E-state index >= 15 is 0 Å². The molecule has 1 aromatic heterocycles. The second-order valence-corrected chi connectivity index (χ2v) is 8.39. The van der Waals surface area contributed by atoms with E-state index in [0.29, 0.717) is 0 Å². The Morgan fingerprint density at radius 2 is 1.97 bits per heavy atom. The summed E-state index contributed by atoms with van der Waals surface area (Å²) in [4.78, 5) is 19.1. The molecular formula is C25H29FN4O. The van der Waals surface area contributed by atoms with Gasteiger partial charge in [-0.3, -0.25) is 0 Å². The van der Waals surface area contributed by atoms with Crippen LogP contribution in [0.25, 0.3) is 11.3 Å². The van der Waals surface area contributed by atoms with Crippen molar-refractivity contribution in [2.75, 3.05) is 6.54 Å². The lowest BCUT2D eigenvalue weighted by Crippen LogP contribution is -2.42. The number of aromatic nitrogens is 2. The zero-order valence-corrected chi connectivity index (χ0v) is 18.1. The number of halogens is 1. The summed E-state index contributed by atoms with van der Waals surface area (Å²) >= 11 is 0. The maximum atomic E-state index is 13.2. The monoisotopic (exact) mass is 420 g/mol. The van der Waals surface area contributed by atoms with Crippen molar-refractivity contribution >= 4 is 6.03 Å². The van der Waals surface area contributed by atoms with E-state index in [0.717, 1.165) is 54.7 Å². The molecule has 1 N–H and O–H groups in total. The summed E-state index contributed by atoms with van der Waals surface area (Å²) in [6.07, 6.45) is 6.46. The molecule has 2 heterocycles. The average Bonchev–Trinajstić information content (AvgIpc) is 3.42. The summed E-state index contributed by atoms with van der Waals surface area (Å²) < 4.78 is 15.3. The van der Waals surface area contributed by atoms with Gasteiger partial charge >= 0.3 is 6.03 Å². The van der Waals surface area contributed by atoms with Gasteiger partial charge in [0, 0.05) is 24.7 Å². The second-order valence-electron chi connectivity index (χ2n) is 8.39. The molecule has 162 valence electrons. The highest BCUT2D eigenvalue weighted by atomic mass is 19.1. The number of benzene rings is 2. The molecule has 6 heteroatoms. The number of urea groups is 1. The van der Waals surface area contributed by atoms with E-state index in [9.17, 15) is 9.18 Å². The predicted molar refractivity (Wildman–Crippen MR) is 120 cm³/mol. The minimum atomic E-state index is -0.219. The second kappa shape index (κ2) is 9.33. The van der Waals surface area contributed by atoms with Crippen molar-refractivity contribution in [1.29, 1.82) is 0 Å². The Kier molecular flexibility index (Phi) is 6.35. The van der Waals surface area contributed by atoms with Crippen molar-refractivity contribution in [3.8, 4) is 11.3 Å². The number of nitrogens with one attached hydrogen (secondary N) is 1. The molecule has 2 aromatic carbocycles. The fourth-order valence-corrected chi connectivity index (χ4v) is 4.31. The van der Waals surface area contributed by atoms with Crippen LogP contribution in [0, 0.1) is 5.82 Å². The molecule has 4 rings (SSSR count). The smallest absolute Gasteiger partial charge is 0.318 e. The molecule has 0 aliphatic carbocycles. The van der Waals surface area contributed by atoms with Gasteiger partial charge in [-0.25, -0.2) is 14.2 Å². The zero-order valence-electron chi connectivity index (χ0n) is 18.1. The number of hydrogen-bond acceptors (Lipinski definition) is 2. The summed E-state index contributed by atoms with van der Waals surface area (Å²) in [5.74, 6) is -0.219. The lowest BCUT2D eigenvalue weighted by molar-refractivity contribution is 0.190. The Morgan fingerprint density at radius 3 is 2.74 bits per heavy atom. The van der Waals surface area contributed by atoms with E-state index in [1.54, 1.807) is 0 Å². The third-order valence-electron chi connectivity index (χ3n) is 5.79. The summed E-state index contributed by atoms with van der Waals surface area (Å²) in [6, 6.07) is 15.1. The van der Waals surface area contributed by atoms with E-state index in [2.05, 4.69) is 27.0 Å². The number of rotatable bonds is 6. The third kappa shape index (κ3) is 4.79. The van der Waals surface area contributed by atoms with Gasteiger partial charge in [0.05, 0.1) is 24.3 Å². The standard InChI is InChI=1S/C25H29FN4O/c1-18(2)28-25(31)30-14-5-8-23(30)21-6-3-4-7-22(21)24-16-27-17-29(24)15-13-19-9-11-20(26)12-10-19/h3-4,6-7,9-12,16-18,23H,5,8,13-15H2,1-2H3,(H,28,31). The van der Waals surface area contributed by atoms with E-state index in [-0.39, 0.29) is 23.9 Å². The highest BCUT2D eigenvalue weighted by molar-refractivity contribution is 5.76. The van der Waals surface area contributed by atoms with E-state index < -0.39 is 0 Å². The molecular weight excluding hydrogens is 391 g/mol. The predicted octanol–water partition coefficient (Wildman–Crippen LogP) is 5.19. The minimum absolute atomic E-state index is 0.00267. The maximum absolute atomic E-state index is 13.2. The molecule has 1 unspecified atom stereocenters. The molecule has 1 fully saturated rings. The van der Waals surface area contributed by atoms with Gasteiger partial charge in [0.2, 0.25) is 0 Å². The molecule has 0 spiro atoms. The van der Waals surface area contributed by atoms with Crippen LogP contribution in [0.1, 0.15) is 43.9 Å². The average molecular weight is 421 g/mol. The van der Waals surface area contributed by atoms with Crippen LogP contribution in [0.2, 0.25) is 0 Å². The molecule has 1 aliphatic heterocycles. The zero-order chi connectivity index (χ0) is 21.8. The molecule has 0 bridgehead atoms. The summed E-state index contributed by atoms with van der Waals surface area (Å²) in [6.45, 7) is 5.48. The summed E-state index contributed by atoms with van der Waals surface area (Å²) in [5, 5.41) is 3.04. The topological polar surface area (TPSA) is 50.2 Å². The summed E-state index contributed by atoms with van der Waals surface area (Å²) in [7, 11) is 0. The van der Waals surface area contributed by atoms with Crippen LogP contribution >= 0.6 is 0 Å². The number of likely N-dealkylation sites (tertiary alicyclic amines) is 1. The number of carbonyl (C=O) groups excluding carboxylic acids is 1. The first kappa shape index (κ1) is 21.1. The Morgan fingerprint density at radius 1 is 1.19 bits per heavy atom. The van der Waals surface area contributed by atoms with Crippen molar-refractivity contribution in [3.05, 3.63) is 78.0 Å². The lowest BCUT2D eigenvalue weighted by atomic mass is 9.96. The molecule has 1 saturated heterocycles. The van der Waals surface area contributed by atoms with Crippen LogP contribution in [-0.2, 0) is 13.0 Å². The molecule has 0 radical (unpaired) electrons. The van der Waals surface area contributed by atoms with Crippen LogP contribution in [0.4, 0.5) is 9.18 Å². The third-order valence-corrected chi connectivity index (χ3v) is 5.79. The number of hydrogen-bond donors (Lipinski definition) is 1. The van der Waals surface area contributed by atoms with Gasteiger partial charge in [-0.15, -0.1) is 0 Å². The molecule has 5 nitrogen and oxygen atoms in total. The van der Waals surface area contributed by atoms with Crippen LogP contribution in [0.5, 0.6) is 0 Å². The van der Waals surface area contributed by atoms with Crippen molar-refractivity contribution in [2.24, 2.45) is 0 Å².